The quantitative estimate of drug-likeness (QED) is 0.856. The van der Waals surface area contributed by atoms with Gasteiger partial charge in [-0.05, 0) is 30.7 Å². The summed E-state index contributed by atoms with van der Waals surface area (Å²) in [6.07, 6.45) is 5.70. The minimum atomic E-state index is -3.57. The molecule has 0 unspecified atom stereocenters. The van der Waals surface area contributed by atoms with Gasteiger partial charge in [0.1, 0.15) is 10.0 Å². The zero-order chi connectivity index (χ0) is 14.8. The molecule has 1 saturated carbocycles. The Hall–Kier alpha value is -0.360. The van der Waals surface area contributed by atoms with Crippen LogP contribution in [0, 0.1) is 11.8 Å². The monoisotopic (exact) mass is 336 g/mol. The second-order valence-electron chi connectivity index (χ2n) is 5.42. The molecule has 20 heavy (non-hydrogen) atoms. The Morgan fingerprint density at radius 2 is 1.95 bits per heavy atom. The van der Waals surface area contributed by atoms with Crippen molar-refractivity contribution in [3.8, 4) is 0 Å². The molecular formula is C13H18Cl2N2O2S. The maximum Gasteiger partial charge on any atom is 0.242 e. The molecule has 0 atom stereocenters. The summed E-state index contributed by atoms with van der Waals surface area (Å²) in [6, 6.07) is 1.32. The van der Waals surface area contributed by atoms with Gasteiger partial charge in [0.2, 0.25) is 10.0 Å². The van der Waals surface area contributed by atoms with E-state index < -0.39 is 10.0 Å². The largest absolute Gasteiger partial charge is 0.242 e. The van der Waals surface area contributed by atoms with E-state index in [2.05, 4.69) is 16.6 Å². The van der Waals surface area contributed by atoms with E-state index in [1.807, 2.05) is 0 Å². The van der Waals surface area contributed by atoms with E-state index in [-0.39, 0.29) is 15.1 Å². The van der Waals surface area contributed by atoms with E-state index in [1.54, 1.807) is 0 Å². The Bertz CT molecular complexity index is 570. The molecule has 0 bridgehead atoms. The molecule has 2 rings (SSSR count). The van der Waals surface area contributed by atoms with Crippen LogP contribution in [0.25, 0.3) is 0 Å². The van der Waals surface area contributed by atoms with Crippen LogP contribution in [0.15, 0.2) is 17.2 Å². The summed E-state index contributed by atoms with van der Waals surface area (Å²) >= 11 is 11.5. The summed E-state index contributed by atoms with van der Waals surface area (Å²) in [5.41, 5.74) is 0. The van der Waals surface area contributed by atoms with Crippen molar-refractivity contribution in [2.75, 3.05) is 6.54 Å². The highest BCUT2D eigenvalue weighted by Gasteiger charge is 2.22. The molecule has 4 nitrogen and oxygen atoms in total. The van der Waals surface area contributed by atoms with Crippen molar-refractivity contribution in [3.05, 3.63) is 22.4 Å². The van der Waals surface area contributed by atoms with E-state index in [4.69, 9.17) is 23.2 Å². The van der Waals surface area contributed by atoms with E-state index in [0.29, 0.717) is 12.5 Å². The molecular weight excluding hydrogens is 319 g/mol. The smallest absolute Gasteiger partial charge is 0.242 e. The molecule has 0 spiro atoms. The molecule has 1 aliphatic rings. The molecule has 1 aromatic heterocycles. The molecule has 112 valence electrons. The summed E-state index contributed by atoms with van der Waals surface area (Å²) in [5, 5.41) is 0.243. The SMILES string of the molecule is CC1CCC(CNS(=O)(=O)c2cnc(Cl)c(Cl)c2)CC1. The van der Waals surface area contributed by atoms with Crippen LogP contribution in [0.2, 0.25) is 10.2 Å². The normalized spacial score (nSPS) is 23.8. The molecule has 1 aliphatic carbocycles. The van der Waals surface area contributed by atoms with E-state index in [1.165, 1.54) is 25.1 Å². The zero-order valence-electron chi connectivity index (χ0n) is 11.3. The minimum Gasteiger partial charge on any atom is -0.242 e. The Morgan fingerprint density at radius 1 is 1.30 bits per heavy atom. The van der Waals surface area contributed by atoms with Gasteiger partial charge in [-0.25, -0.2) is 18.1 Å². The van der Waals surface area contributed by atoms with Crippen LogP contribution >= 0.6 is 23.2 Å². The second kappa shape index (κ2) is 6.60. The van der Waals surface area contributed by atoms with Crippen molar-refractivity contribution < 1.29 is 8.42 Å². The third-order valence-electron chi connectivity index (χ3n) is 3.78. The van der Waals surface area contributed by atoms with Crippen LogP contribution in [-0.2, 0) is 10.0 Å². The molecule has 0 aromatic carbocycles. The van der Waals surface area contributed by atoms with Gasteiger partial charge in [-0.2, -0.15) is 0 Å². The van der Waals surface area contributed by atoms with Gasteiger partial charge >= 0.3 is 0 Å². The lowest BCUT2D eigenvalue weighted by atomic mass is 9.83. The molecule has 0 aliphatic heterocycles. The summed E-state index contributed by atoms with van der Waals surface area (Å²) in [6.45, 7) is 2.71. The van der Waals surface area contributed by atoms with Gasteiger partial charge in [-0.15, -0.1) is 0 Å². The molecule has 0 amide bonds. The van der Waals surface area contributed by atoms with Crippen molar-refractivity contribution in [3.63, 3.8) is 0 Å². The van der Waals surface area contributed by atoms with Crippen LogP contribution in [0.5, 0.6) is 0 Å². The predicted octanol–water partition coefficient (Wildman–Crippen LogP) is 3.49. The number of rotatable bonds is 4. The number of pyridine rings is 1. The maximum absolute atomic E-state index is 12.1. The van der Waals surface area contributed by atoms with Gasteiger partial charge in [0.15, 0.2) is 0 Å². The lowest BCUT2D eigenvalue weighted by molar-refractivity contribution is 0.290. The maximum atomic E-state index is 12.1. The fourth-order valence-corrected chi connectivity index (χ4v) is 3.82. The molecule has 1 heterocycles. The molecule has 1 N–H and O–H groups in total. The van der Waals surface area contributed by atoms with Gasteiger partial charge in [0.25, 0.3) is 0 Å². The predicted molar refractivity (Wildman–Crippen MR) is 80.6 cm³/mol. The molecule has 1 fully saturated rings. The average molecular weight is 337 g/mol. The highest BCUT2D eigenvalue weighted by molar-refractivity contribution is 7.89. The van der Waals surface area contributed by atoms with Gasteiger partial charge in [-0.3, -0.25) is 0 Å². The van der Waals surface area contributed by atoms with Crippen LogP contribution in [0.1, 0.15) is 32.6 Å². The average Bonchev–Trinajstić information content (AvgIpc) is 2.41. The van der Waals surface area contributed by atoms with Crippen LogP contribution in [-0.4, -0.2) is 19.9 Å². The summed E-state index contributed by atoms with van der Waals surface area (Å²) in [7, 11) is -3.57. The van der Waals surface area contributed by atoms with Crippen molar-refractivity contribution in [2.24, 2.45) is 11.8 Å². The van der Waals surface area contributed by atoms with Crippen molar-refractivity contribution in [1.82, 2.24) is 9.71 Å². The minimum absolute atomic E-state index is 0.0519. The molecule has 0 saturated heterocycles. The van der Waals surface area contributed by atoms with Crippen molar-refractivity contribution in [2.45, 2.75) is 37.5 Å². The zero-order valence-corrected chi connectivity index (χ0v) is 13.6. The van der Waals surface area contributed by atoms with E-state index in [0.717, 1.165) is 18.8 Å². The highest BCUT2D eigenvalue weighted by atomic mass is 35.5. The van der Waals surface area contributed by atoms with E-state index >= 15 is 0 Å². The second-order valence-corrected chi connectivity index (χ2v) is 7.95. The topological polar surface area (TPSA) is 59.1 Å². The lowest BCUT2D eigenvalue weighted by Gasteiger charge is -2.26. The lowest BCUT2D eigenvalue weighted by Crippen LogP contribution is -2.31. The number of aromatic nitrogens is 1. The van der Waals surface area contributed by atoms with Crippen LogP contribution in [0.4, 0.5) is 0 Å². The number of hydrogen-bond acceptors (Lipinski definition) is 3. The fourth-order valence-electron chi connectivity index (χ4n) is 2.39. The van der Waals surface area contributed by atoms with Crippen molar-refractivity contribution in [1.29, 1.82) is 0 Å². The third kappa shape index (κ3) is 4.07. The third-order valence-corrected chi connectivity index (χ3v) is 5.86. The first-order chi connectivity index (χ1) is 9.38. The fraction of sp³-hybridized carbons (Fsp3) is 0.615. The summed E-state index contributed by atoms with van der Waals surface area (Å²) in [4.78, 5) is 3.82. The Labute approximate surface area is 129 Å². The van der Waals surface area contributed by atoms with Crippen LogP contribution < -0.4 is 4.72 Å². The Kier molecular flexibility index (Phi) is 5.29. The first-order valence-electron chi connectivity index (χ1n) is 6.69. The summed E-state index contributed by atoms with van der Waals surface area (Å²) in [5.74, 6) is 1.17. The van der Waals surface area contributed by atoms with Gasteiger partial charge in [0.05, 0.1) is 5.02 Å². The van der Waals surface area contributed by atoms with Gasteiger partial charge < -0.3 is 0 Å². The molecule has 1 aromatic rings. The Morgan fingerprint density at radius 3 is 2.55 bits per heavy atom. The number of nitrogens with zero attached hydrogens (tertiary/aromatic N) is 1. The first-order valence-corrected chi connectivity index (χ1v) is 8.93. The number of hydrogen-bond donors (Lipinski definition) is 1. The van der Waals surface area contributed by atoms with Gasteiger partial charge in [0, 0.05) is 12.7 Å². The summed E-state index contributed by atoms with van der Waals surface area (Å²) < 4.78 is 26.9. The highest BCUT2D eigenvalue weighted by Crippen LogP contribution is 2.28. The number of halogens is 2. The molecule has 7 heteroatoms. The van der Waals surface area contributed by atoms with E-state index in [9.17, 15) is 8.42 Å². The number of sulfonamides is 1. The van der Waals surface area contributed by atoms with Crippen molar-refractivity contribution >= 4 is 33.2 Å². The Balaban J connectivity index is 1.98. The first kappa shape index (κ1) is 16.0. The number of nitrogens with one attached hydrogen (secondary N) is 1. The molecule has 0 radical (unpaired) electrons. The van der Waals surface area contributed by atoms with Gasteiger partial charge in [-0.1, -0.05) is 43.0 Å². The standard InChI is InChI=1S/C13H18Cl2N2O2S/c1-9-2-4-10(5-3-9)7-17-20(18,19)11-6-12(14)13(15)16-8-11/h6,8-10,17H,2-5,7H2,1H3. The van der Waals surface area contributed by atoms with Crippen LogP contribution in [0.3, 0.4) is 0 Å².